The number of hydrogen-bond acceptors (Lipinski definition) is 10. The van der Waals surface area contributed by atoms with Gasteiger partial charge in [-0.05, 0) is 59.1 Å². The number of rotatable bonds is 16. The van der Waals surface area contributed by atoms with Gasteiger partial charge in [0.25, 0.3) is 5.91 Å². The molecular formula is C36H37BrN6O7. The maximum absolute atomic E-state index is 14.7. The first-order chi connectivity index (χ1) is 24.4. The molecule has 0 aromatic heterocycles. The van der Waals surface area contributed by atoms with Gasteiger partial charge < -0.3 is 28.8 Å². The van der Waals surface area contributed by atoms with Crippen LogP contribution in [-0.2, 0) is 22.5 Å². The first kappa shape index (κ1) is 36.0. The van der Waals surface area contributed by atoms with Gasteiger partial charge in [0.1, 0.15) is 5.75 Å². The van der Waals surface area contributed by atoms with Crippen LogP contribution < -0.4 is 29.8 Å². The van der Waals surface area contributed by atoms with Crippen molar-refractivity contribution in [1.82, 2.24) is 10.9 Å². The Balaban J connectivity index is 1.56. The molecule has 0 spiro atoms. The third kappa shape index (κ3) is 7.95. The lowest BCUT2D eigenvalue weighted by Gasteiger charge is -2.31. The van der Waals surface area contributed by atoms with Gasteiger partial charge >= 0.3 is 0 Å². The SMILES string of the molecule is COc1cc(CNNC(=O)[C@@]2(Cc3ccccc3Br)N=C(c3ccc(OCCCO)cc3)O[C@H]2c2ccccc2N=[N+]=[N-])cc(OC)c1OC. The van der Waals surface area contributed by atoms with E-state index in [-0.39, 0.29) is 25.5 Å². The van der Waals surface area contributed by atoms with Crippen molar-refractivity contribution < 1.29 is 33.6 Å². The first-order valence-electron chi connectivity index (χ1n) is 15.7. The number of carbonyl (C=O) groups excluding carboxylic acids is 1. The zero-order valence-electron chi connectivity index (χ0n) is 27.8. The van der Waals surface area contributed by atoms with Gasteiger partial charge in [-0.2, -0.15) is 0 Å². The quantitative estimate of drug-likeness (QED) is 0.0384. The number of ether oxygens (including phenoxy) is 5. The number of aliphatic hydroxyl groups is 1. The van der Waals surface area contributed by atoms with E-state index in [1.807, 2.05) is 24.3 Å². The number of benzene rings is 4. The van der Waals surface area contributed by atoms with E-state index in [2.05, 4.69) is 36.8 Å². The van der Waals surface area contributed by atoms with E-state index in [0.717, 1.165) is 15.6 Å². The summed E-state index contributed by atoms with van der Waals surface area (Å²) in [7, 11) is 4.59. The molecule has 5 rings (SSSR count). The van der Waals surface area contributed by atoms with Crippen molar-refractivity contribution in [2.24, 2.45) is 10.1 Å². The van der Waals surface area contributed by atoms with E-state index in [1.54, 1.807) is 60.7 Å². The molecule has 1 heterocycles. The predicted molar refractivity (Wildman–Crippen MR) is 191 cm³/mol. The Labute approximate surface area is 297 Å². The second-order valence-electron chi connectivity index (χ2n) is 11.1. The largest absolute Gasteiger partial charge is 0.494 e. The molecule has 0 unspecified atom stereocenters. The van der Waals surface area contributed by atoms with Crippen LogP contribution in [0.1, 0.15) is 34.8 Å². The lowest BCUT2D eigenvalue weighted by atomic mass is 9.81. The Morgan fingerprint density at radius 2 is 1.72 bits per heavy atom. The number of amides is 1. The van der Waals surface area contributed by atoms with Crippen LogP contribution in [0.15, 0.2) is 99.5 Å². The minimum Gasteiger partial charge on any atom is -0.494 e. The molecule has 0 saturated carbocycles. The van der Waals surface area contributed by atoms with E-state index < -0.39 is 17.6 Å². The lowest BCUT2D eigenvalue weighted by Crippen LogP contribution is -2.53. The molecule has 0 fully saturated rings. The van der Waals surface area contributed by atoms with Crippen LogP contribution in [0.25, 0.3) is 10.4 Å². The molecule has 2 atom stereocenters. The third-order valence-electron chi connectivity index (χ3n) is 8.04. The molecule has 13 nitrogen and oxygen atoms in total. The predicted octanol–water partition coefficient (Wildman–Crippen LogP) is 6.50. The number of halogens is 1. The van der Waals surface area contributed by atoms with Crippen LogP contribution in [-0.4, -0.2) is 57.0 Å². The number of aliphatic hydroxyl groups excluding tert-OH is 1. The Morgan fingerprint density at radius 3 is 2.38 bits per heavy atom. The smallest absolute Gasteiger partial charge is 0.266 e. The van der Waals surface area contributed by atoms with Crippen LogP contribution >= 0.6 is 15.9 Å². The average molecular weight is 746 g/mol. The molecule has 3 N–H and O–H groups in total. The zero-order chi connectivity index (χ0) is 35.5. The summed E-state index contributed by atoms with van der Waals surface area (Å²) >= 11 is 3.64. The number of azide groups is 1. The van der Waals surface area contributed by atoms with Crippen molar-refractivity contribution in [3.8, 4) is 23.0 Å². The summed E-state index contributed by atoms with van der Waals surface area (Å²) in [5.74, 6) is 1.74. The number of nitrogens with one attached hydrogen (secondary N) is 2. The third-order valence-corrected chi connectivity index (χ3v) is 8.81. The van der Waals surface area contributed by atoms with Crippen LogP contribution in [0.3, 0.4) is 0 Å². The Bertz CT molecular complexity index is 1860. The molecule has 4 aromatic rings. The van der Waals surface area contributed by atoms with Gasteiger partial charge in [-0.15, -0.1) is 0 Å². The van der Waals surface area contributed by atoms with Crippen molar-refractivity contribution in [3.63, 3.8) is 0 Å². The number of hydrogen-bond donors (Lipinski definition) is 3. The summed E-state index contributed by atoms with van der Waals surface area (Å²) < 4.78 is 29.5. The van der Waals surface area contributed by atoms with Crippen LogP contribution in [0, 0.1) is 0 Å². The summed E-state index contributed by atoms with van der Waals surface area (Å²) in [6, 6.07) is 25.2. The summed E-state index contributed by atoms with van der Waals surface area (Å²) in [6.45, 7) is 0.590. The molecule has 1 aliphatic rings. The van der Waals surface area contributed by atoms with Crippen molar-refractivity contribution in [2.45, 2.75) is 31.0 Å². The fraction of sp³-hybridized carbons (Fsp3) is 0.278. The Kier molecular flexibility index (Phi) is 12.2. The average Bonchev–Trinajstić information content (AvgIpc) is 3.53. The number of nitrogens with zero attached hydrogens (tertiary/aromatic N) is 4. The zero-order valence-corrected chi connectivity index (χ0v) is 29.3. The van der Waals surface area contributed by atoms with E-state index in [9.17, 15) is 10.3 Å². The second kappa shape index (κ2) is 16.9. The van der Waals surface area contributed by atoms with Gasteiger partial charge in [-0.3, -0.25) is 10.2 Å². The van der Waals surface area contributed by atoms with Gasteiger partial charge in [0.05, 0.1) is 27.9 Å². The molecule has 0 aliphatic carbocycles. The highest BCUT2D eigenvalue weighted by atomic mass is 79.9. The monoisotopic (exact) mass is 744 g/mol. The molecule has 4 aromatic carbocycles. The highest BCUT2D eigenvalue weighted by Gasteiger charge is 2.54. The molecule has 50 heavy (non-hydrogen) atoms. The van der Waals surface area contributed by atoms with Gasteiger partial charge in [0, 0.05) is 52.2 Å². The first-order valence-corrected chi connectivity index (χ1v) is 16.5. The van der Waals surface area contributed by atoms with Crippen molar-refractivity contribution in [2.75, 3.05) is 34.5 Å². The number of carbonyl (C=O) groups is 1. The standard InChI is InChI=1S/C36H37BrN6O7/c1-46-30-19-23(20-31(47-2)32(30)48-3)22-39-42-35(45)36(21-25-9-4-6-11-28(25)37)33(27-10-5-7-12-29(27)41-43-38)50-34(40-36)24-13-15-26(16-14-24)49-18-8-17-44/h4-7,9-16,19-20,33,39,44H,8,17-18,21-22H2,1-3H3,(H,42,45)/t33-,36-/m0/s1. The van der Waals surface area contributed by atoms with Crippen LogP contribution in [0.2, 0.25) is 0 Å². The van der Waals surface area contributed by atoms with Crippen LogP contribution in [0.4, 0.5) is 5.69 Å². The Hall–Kier alpha value is -5.27. The van der Waals surface area contributed by atoms with Gasteiger partial charge in [-0.1, -0.05) is 63.5 Å². The molecule has 0 radical (unpaired) electrons. The minimum absolute atomic E-state index is 0.0282. The maximum Gasteiger partial charge on any atom is 0.266 e. The molecule has 260 valence electrons. The highest BCUT2D eigenvalue weighted by Crippen LogP contribution is 2.46. The van der Waals surface area contributed by atoms with Crippen molar-refractivity contribution >= 4 is 33.4 Å². The summed E-state index contributed by atoms with van der Waals surface area (Å²) in [5, 5.41) is 13.0. The van der Waals surface area contributed by atoms with Crippen molar-refractivity contribution in [3.05, 3.63) is 122 Å². The fourth-order valence-corrected chi connectivity index (χ4v) is 6.04. The summed E-state index contributed by atoms with van der Waals surface area (Å²) in [6.07, 6.45) is -0.382. The summed E-state index contributed by atoms with van der Waals surface area (Å²) in [5.41, 5.74) is 16.7. The highest BCUT2D eigenvalue weighted by molar-refractivity contribution is 9.10. The topological polar surface area (TPSA) is 169 Å². The maximum atomic E-state index is 14.7. The molecule has 1 aliphatic heterocycles. The van der Waals surface area contributed by atoms with Gasteiger partial charge in [0.2, 0.25) is 11.6 Å². The lowest BCUT2D eigenvalue weighted by molar-refractivity contribution is -0.130. The number of methoxy groups -OCH3 is 3. The second-order valence-corrected chi connectivity index (χ2v) is 12.0. The van der Waals surface area contributed by atoms with Crippen molar-refractivity contribution in [1.29, 1.82) is 0 Å². The normalized spacial score (nSPS) is 16.4. The molecular weight excluding hydrogens is 708 g/mol. The molecule has 0 saturated heterocycles. The van der Waals surface area contributed by atoms with Crippen LogP contribution in [0.5, 0.6) is 23.0 Å². The van der Waals surface area contributed by atoms with E-state index in [1.165, 1.54) is 21.3 Å². The number of aliphatic imine (C=N–C) groups is 1. The van der Waals surface area contributed by atoms with E-state index >= 15 is 0 Å². The van der Waals surface area contributed by atoms with E-state index in [0.29, 0.717) is 52.8 Å². The fourth-order valence-electron chi connectivity index (χ4n) is 5.61. The summed E-state index contributed by atoms with van der Waals surface area (Å²) in [4.78, 5) is 22.7. The molecule has 0 bridgehead atoms. The molecule has 14 heteroatoms. The minimum atomic E-state index is -1.58. The van der Waals surface area contributed by atoms with E-state index in [4.69, 9.17) is 33.8 Å². The Morgan fingerprint density at radius 1 is 1.02 bits per heavy atom. The molecule has 1 amide bonds. The number of hydrazine groups is 1. The van der Waals surface area contributed by atoms with Gasteiger partial charge in [-0.25, -0.2) is 10.4 Å². The van der Waals surface area contributed by atoms with Gasteiger partial charge in [0.15, 0.2) is 23.1 Å².